The lowest BCUT2D eigenvalue weighted by Crippen LogP contribution is -2.37. The number of aliphatic hydroxyl groups is 1. The second-order valence-corrected chi connectivity index (χ2v) is 5.80. The number of morpholine rings is 1. The van der Waals surface area contributed by atoms with E-state index in [0.717, 1.165) is 37.2 Å². The molecule has 1 atom stereocenters. The Morgan fingerprint density at radius 1 is 1.30 bits per heavy atom. The van der Waals surface area contributed by atoms with E-state index in [0.29, 0.717) is 37.8 Å². The third kappa shape index (κ3) is 9.84. The first kappa shape index (κ1) is 22.8. The molecule has 2 rings (SSSR count). The minimum atomic E-state index is -1.26. The molecule has 0 radical (unpaired) electrons. The number of aliphatic hydroxyl groups excluding tert-OH is 1. The number of nitrogens with one attached hydrogen (secondary N) is 1. The van der Waals surface area contributed by atoms with Gasteiger partial charge in [-0.2, -0.15) is 4.37 Å². The van der Waals surface area contributed by atoms with Gasteiger partial charge in [0.2, 0.25) is 5.82 Å². The number of hydrogen-bond donors (Lipinski definition) is 4. The van der Waals surface area contributed by atoms with Crippen molar-refractivity contribution in [1.82, 2.24) is 14.1 Å². The van der Waals surface area contributed by atoms with Gasteiger partial charge in [-0.25, -0.2) is 9.59 Å². The molecule has 1 aliphatic heterocycles. The first-order valence-electron chi connectivity index (χ1n) is 8.24. The molecule has 0 saturated carbocycles. The molecule has 1 aromatic rings. The Labute approximate surface area is 160 Å². The van der Waals surface area contributed by atoms with E-state index in [1.807, 2.05) is 6.92 Å². The van der Waals surface area contributed by atoms with Crippen molar-refractivity contribution in [3.8, 4) is 5.88 Å². The van der Waals surface area contributed by atoms with E-state index < -0.39 is 18.0 Å². The third-order valence-electron chi connectivity index (χ3n) is 3.16. The Bertz CT molecular complexity index is 589. The number of aromatic nitrogens is 2. The molecular weight excluding hydrogens is 380 g/mol. The van der Waals surface area contributed by atoms with Gasteiger partial charge in [-0.15, -0.1) is 4.37 Å². The molecule has 0 aliphatic carbocycles. The van der Waals surface area contributed by atoms with Crippen molar-refractivity contribution in [3.63, 3.8) is 0 Å². The molecule has 2 heterocycles. The molecule has 0 unspecified atom stereocenters. The fourth-order valence-corrected chi connectivity index (χ4v) is 2.44. The maximum atomic E-state index is 9.71. The van der Waals surface area contributed by atoms with Crippen LogP contribution in [0, 0.1) is 0 Å². The zero-order valence-electron chi connectivity index (χ0n) is 14.9. The van der Waals surface area contributed by atoms with Crippen LogP contribution >= 0.6 is 11.7 Å². The van der Waals surface area contributed by atoms with Gasteiger partial charge in [-0.1, -0.05) is 6.92 Å². The van der Waals surface area contributed by atoms with Gasteiger partial charge in [-0.3, -0.25) is 0 Å². The van der Waals surface area contributed by atoms with Gasteiger partial charge < -0.3 is 35.0 Å². The molecule has 152 valence electrons. The molecule has 11 nitrogen and oxygen atoms in total. The first-order valence-corrected chi connectivity index (χ1v) is 8.97. The number of anilines is 1. The van der Waals surface area contributed by atoms with Crippen LogP contribution in [0.2, 0.25) is 0 Å². The van der Waals surface area contributed by atoms with Gasteiger partial charge in [0.05, 0.1) is 24.9 Å². The Morgan fingerprint density at radius 3 is 2.48 bits per heavy atom. The van der Waals surface area contributed by atoms with E-state index in [9.17, 15) is 14.7 Å². The highest BCUT2D eigenvalue weighted by molar-refractivity contribution is 6.99. The van der Waals surface area contributed by atoms with Crippen LogP contribution in [0.3, 0.4) is 0 Å². The normalized spacial score (nSPS) is 15.1. The van der Waals surface area contributed by atoms with E-state index in [-0.39, 0.29) is 6.61 Å². The number of likely N-dealkylation sites (N-methyl/N-ethyl adjacent to an activating group) is 1. The summed E-state index contributed by atoms with van der Waals surface area (Å²) >= 11 is 1.12. The molecule has 4 N–H and O–H groups in total. The summed E-state index contributed by atoms with van der Waals surface area (Å²) in [6.45, 7) is 6.53. The molecule has 0 amide bonds. The fourth-order valence-electron chi connectivity index (χ4n) is 1.92. The standard InChI is InChI=1S/C11H20N4O3S.C4H4O4/c1-2-12-7-9(16)8-18-11-10(13-19-14-11)15-3-5-17-6-4-15;5-3(6)1-2-4(7)8/h9,12,16H,2-8H2,1H3;1-2H,(H,5,6)(H,7,8)/b;2-1-/t9-;/m1./s1. The molecule has 1 saturated heterocycles. The van der Waals surface area contributed by atoms with Crippen molar-refractivity contribution in [2.45, 2.75) is 13.0 Å². The fraction of sp³-hybridized carbons (Fsp3) is 0.600. The van der Waals surface area contributed by atoms with Gasteiger partial charge in [0.25, 0.3) is 5.88 Å². The monoisotopic (exact) mass is 404 g/mol. The van der Waals surface area contributed by atoms with Crippen LogP contribution in [0.25, 0.3) is 0 Å². The Hall–Kier alpha value is -2.28. The van der Waals surface area contributed by atoms with Crippen molar-refractivity contribution in [1.29, 1.82) is 0 Å². The number of hydrogen-bond acceptors (Lipinski definition) is 10. The predicted molar refractivity (Wildman–Crippen MR) is 97.4 cm³/mol. The van der Waals surface area contributed by atoms with Gasteiger partial charge >= 0.3 is 11.9 Å². The van der Waals surface area contributed by atoms with Gasteiger partial charge in [-0.05, 0) is 6.54 Å². The molecule has 1 fully saturated rings. The van der Waals surface area contributed by atoms with Crippen LogP contribution in [-0.4, -0.2) is 88.1 Å². The summed E-state index contributed by atoms with van der Waals surface area (Å²) in [4.78, 5) is 21.2. The van der Waals surface area contributed by atoms with Crippen molar-refractivity contribution in [3.05, 3.63) is 12.2 Å². The molecule has 1 aliphatic rings. The van der Waals surface area contributed by atoms with Gasteiger partial charge in [0.1, 0.15) is 12.7 Å². The highest BCUT2D eigenvalue weighted by Gasteiger charge is 2.20. The third-order valence-corrected chi connectivity index (χ3v) is 3.67. The highest BCUT2D eigenvalue weighted by Crippen LogP contribution is 2.26. The summed E-state index contributed by atoms with van der Waals surface area (Å²) in [6.07, 6.45) is 0.573. The zero-order valence-corrected chi connectivity index (χ0v) is 15.7. The Balaban J connectivity index is 0.000000387. The van der Waals surface area contributed by atoms with Crippen molar-refractivity contribution in [2.75, 3.05) is 50.9 Å². The predicted octanol–water partition coefficient (Wildman–Crippen LogP) is -0.564. The van der Waals surface area contributed by atoms with E-state index in [2.05, 4.69) is 19.0 Å². The Kier molecular flexibility index (Phi) is 10.9. The SMILES string of the molecule is CCNC[C@@H](O)COc1nsnc1N1CCOCC1.O=C(O)/C=C\C(=O)O. The number of nitrogens with zero attached hydrogens (tertiary/aromatic N) is 3. The van der Waals surface area contributed by atoms with Crippen molar-refractivity contribution >= 4 is 29.5 Å². The molecule has 0 spiro atoms. The number of rotatable bonds is 9. The molecule has 27 heavy (non-hydrogen) atoms. The van der Waals surface area contributed by atoms with Crippen LogP contribution in [0.5, 0.6) is 5.88 Å². The van der Waals surface area contributed by atoms with Gasteiger partial charge in [0.15, 0.2) is 0 Å². The number of carboxylic acid groups (broad SMARTS) is 2. The number of carbonyl (C=O) groups is 2. The quantitative estimate of drug-likeness (QED) is 0.391. The summed E-state index contributed by atoms with van der Waals surface area (Å²) in [5.74, 6) is -1.26. The van der Waals surface area contributed by atoms with E-state index in [4.69, 9.17) is 19.7 Å². The van der Waals surface area contributed by atoms with Crippen LogP contribution < -0.4 is 15.0 Å². The average molecular weight is 404 g/mol. The smallest absolute Gasteiger partial charge is 0.328 e. The van der Waals surface area contributed by atoms with Crippen LogP contribution in [-0.2, 0) is 14.3 Å². The summed E-state index contributed by atoms with van der Waals surface area (Å²) in [7, 11) is 0. The lowest BCUT2D eigenvalue weighted by atomic mass is 10.4. The molecular formula is C15H24N4O7S. The highest BCUT2D eigenvalue weighted by atomic mass is 32.1. The van der Waals surface area contributed by atoms with Crippen molar-refractivity contribution < 1.29 is 34.4 Å². The van der Waals surface area contributed by atoms with Crippen LogP contribution in [0.1, 0.15) is 6.92 Å². The topological polar surface area (TPSA) is 154 Å². The summed E-state index contributed by atoms with van der Waals surface area (Å²) in [6, 6.07) is 0. The number of carboxylic acids is 2. The molecule has 0 bridgehead atoms. The summed E-state index contributed by atoms with van der Waals surface area (Å²) in [5.41, 5.74) is 0. The molecule has 1 aromatic heterocycles. The van der Waals surface area contributed by atoms with E-state index in [1.165, 1.54) is 0 Å². The maximum Gasteiger partial charge on any atom is 0.328 e. The maximum absolute atomic E-state index is 9.71. The second kappa shape index (κ2) is 13.0. The zero-order chi connectivity index (χ0) is 20.1. The minimum absolute atomic E-state index is 0.218. The molecule has 0 aromatic carbocycles. The lowest BCUT2D eigenvalue weighted by Gasteiger charge is -2.26. The second-order valence-electron chi connectivity index (χ2n) is 5.27. The minimum Gasteiger partial charge on any atom is -0.478 e. The van der Waals surface area contributed by atoms with E-state index in [1.54, 1.807) is 0 Å². The lowest BCUT2D eigenvalue weighted by molar-refractivity contribution is -0.134. The summed E-state index contributed by atoms with van der Waals surface area (Å²) in [5, 5.41) is 28.4. The Morgan fingerprint density at radius 2 is 1.93 bits per heavy atom. The first-order chi connectivity index (χ1) is 12.9. The average Bonchev–Trinajstić information content (AvgIpc) is 3.13. The largest absolute Gasteiger partial charge is 0.478 e. The van der Waals surface area contributed by atoms with E-state index >= 15 is 0 Å². The van der Waals surface area contributed by atoms with Crippen LogP contribution in [0.15, 0.2) is 12.2 Å². The number of ether oxygens (including phenoxy) is 2. The van der Waals surface area contributed by atoms with Crippen molar-refractivity contribution in [2.24, 2.45) is 0 Å². The molecule has 12 heteroatoms. The van der Waals surface area contributed by atoms with Gasteiger partial charge in [0, 0.05) is 31.8 Å². The number of aliphatic carboxylic acids is 2. The van der Waals surface area contributed by atoms with Crippen LogP contribution in [0.4, 0.5) is 5.82 Å². The summed E-state index contributed by atoms with van der Waals surface area (Å²) < 4.78 is 19.3.